The van der Waals surface area contributed by atoms with E-state index < -0.39 is 15.7 Å². The maximum atomic E-state index is 12.1. The largest absolute Gasteiger partial charge is 0.393 e. The van der Waals surface area contributed by atoms with Crippen LogP contribution < -0.4 is 4.72 Å². The molecule has 1 saturated carbocycles. The molecular formula is C11H22N2O3S. The van der Waals surface area contributed by atoms with E-state index in [0.29, 0.717) is 19.0 Å². The van der Waals surface area contributed by atoms with Gasteiger partial charge in [-0.15, -0.1) is 0 Å². The lowest BCUT2D eigenvalue weighted by Crippen LogP contribution is -2.48. The van der Waals surface area contributed by atoms with E-state index in [4.69, 9.17) is 0 Å². The fourth-order valence-corrected chi connectivity index (χ4v) is 4.50. The van der Waals surface area contributed by atoms with Crippen LogP contribution in [0.5, 0.6) is 0 Å². The molecule has 0 spiro atoms. The van der Waals surface area contributed by atoms with Crippen LogP contribution in [0.25, 0.3) is 0 Å². The van der Waals surface area contributed by atoms with Gasteiger partial charge in [0.1, 0.15) is 0 Å². The number of aliphatic hydroxyl groups is 1. The topological polar surface area (TPSA) is 69.6 Å². The first kappa shape index (κ1) is 13.3. The summed E-state index contributed by atoms with van der Waals surface area (Å²) in [7, 11) is -3.41. The summed E-state index contributed by atoms with van der Waals surface area (Å²) in [6.07, 6.45) is 1.43. The van der Waals surface area contributed by atoms with Gasteiger partial charge in [0.25, 0.3) is 10.2 Å². The number of nitrogens with zero attached hydrogens (tertiary/aromatic N) is 1. The minimum atomic E-state index is -3.41. The number of fused-ring (bicyclic) bond motifs is 1. The summed E-state index contributed by atoms with van der Waals surface area (Å²) in [4.78, 5) is 0. The lowest BCUT2D eigenvalue weighted by molar-refractivity contribution is 0.129. The molecule has 0 aromatic rings. The first-order valence-corrected chi connectivity index (χ1v) is 7.60. The van der Waals surface area contributed by atoms with E-state index >= 15 is 0 Å². The molecule has 2 aliphatic rings. The van der Waals surface area contributed by atoms with E-state index in [0.717, 1.165) is 12.8 Å². The molecule has 17 heavy (non-hydrogen) atoms. The fraction of sp³-hybridized carbons (Fsp3) is 1.00. The van der Waals surface area contributed by atoms with Crippen molar-refractivity contribution in [2.45, 2.75) is 45.3 Å². The fourth-order valence-electron chi connectivity index (χ4n) is 2.84. The van der Waals surface area contributed by atoms with Crippen LogP contribution in [0.2, 0.25) is 0 Å². The average molecular weight is 262 g/mol. The summed E-state index contributed by atoms with van der Waals surface area (Å²) in [5.74, 6) is 0.466. The van der Waals surface area contributed by atoms with Gasteiger partial charge in [0.05, 0.1) is 6.10 Å². The van der Waals surface area contributed by atoms with E-state index in [1.807, 2.05) is 20.8 Å². The number of aliphatic hydroxyl groups excluding tert-OH is 1. The Hall–Kier alpha value is -0.170. The van der Waals surface area contributed by atoms with Crippen LogP contribution in [0.1, 0.15) is 33.6 Å². The van der Waals surface area contributed by atoms with Crippen LogP contribution in [0, 0.1) is 11.8 Å². The molecule has 5 nitrogen and oxygen atoms in total. The molecule has 1 aliphatic carbocycles. The van der Waals surface area contributed by atoms with Crippen molar-refractivity contribution in [2.75, 3.05) is 13.1 Å². The van der Waals surface area contributed by atoms with Crippen molar-refractivity contribution in [1.82, 2.24) is 9.03 Å². The third-order valence-corrected chi connectivity index (χ3v) is 5.41. The predicted octanol–water partition coefficient (Wildman–Crippen LogP) is 0.322. The molecule has 1 heterocycles. The van der Waals surface area contributed by atoms with Gasteiger partial charge in [-0.3, -0.25) is 0 Å². The highest BCUT2D eigenvalue weighted by atomic mass is 32.2. The maximum Gasteiger partial charge on any atom is 0.279 e. The maximum absolute atomic E-state index is 12.1. The van der Waals surface area contributed by atoms with E-state index in [1.165, 1.54) is 4.31 Å². The second kappa shape index (κ2) is 4.19. The predicted molar refractivity (Wildman–Crippen MR) is 65.6 cm³/mol. The molecule has 3 atom stereocenters. The third-order valence-electron chi connectivity index (χ3n) is 3.56. The van der Waals surface area contributed by atoms with Crippen molar-refractivity contribution in [3.63, 3.8) is 0 Å². The molecule has 0 aromatic heterocycles. The van der Waals surface area contributed by atoms with Gasteiger partial charge in [-0.05, 0) is 39.5 Å². The molecule has 1 aliphatic heterocycles. The van der Waals surface area contributed by atoms with Crippen LogP contribution in [-0.4, -0.2) is 42.6 Å². The zero-order valence-corrected chi connectivity index (χ0v) is 11.5. The van der Waals surface area contributed by atoms with Gasteiger partial charge in [-0.25, -0.2) is 0 Å². The molecule has 2 rings (SSSR count). The summed E-state index contributed by atoms with van der Waals surface area (Å²) in [5.41, 5.74) is -0.463. The Morgan fingerprint density at radius 2 is 1.88 bits per heavy atom. The number of rotatable bonds is 2. The van der Waals surface area contributed by atoms with E-state index in [-0.39, 0.29) is 12.0 Å². The van der Waals surface area contributed by atoms with Crippen molar-refractivity contribution in [3.05, 3.63) is 0 Å². The Balaban J connectivity index is 2.06. The number of hydrogen-bond acceptors (Lipinski definition) is 3. The second-order valence-electron chi connectivity index (χ2n) is 6.24. The standard InChI is InChI=1S/C11H22N2O3S/c1-11(2,3)12-17(15,16)13-6-8-4-5-10(14)9(8)7-13/h8-10,12,14H,4-7H2,1-3H3. The van der Waals surface area contributed by atoms with Crippen LogP contribution in [-0.2, 0) is 10.2 Å². The van der Waals surface area contributed by atoms with Gasteiger partial charge in [0, 0.05) is 24.5 Å². The minimum Gasteiger partial charge on any atom is -0.393 e. The molecule has 0 radical (unpaired) electrons. The first-order chi connectivity index (χ1) is 7.69. The zero-order valence-electron chi connectivity index (χ0n) is 10.7. The quantitative estimate of drug-likeness (QED) is 0.753. The van der Waals surface area contributed by atoms with E-state index in [2.05, 4.69) is 4.72 Å². The Morgan fingerprint density at radius 3 is 2.41 bits per heavy atom. The van der Waals surface area contributed by atoms with Crippen molar-refractivity contribution in [1.29, 1.82) is 0 Å². The Bertz CT molecular complexity index is 388. The van der Waals surface area contributed by atoms with E-state index in [1.54, 1.807) is 0 Å². The highest BCUT2D eigenvalue weighted by Gasteiger charge is 2.45. The van der Waals surface area contributed by atoms with Crippen LogP contribution in [0.15, 0.2) is 0 Å². The van der Waals surface area contributed by atoms with Crippen molar-refractivity contribution in [3.8, 4) is 0 Å². The summed E-state index contributed by atoms with van der Waals surface area (Å²) in [5, 5.41) is 9.77. The molecule has 1 saturated heterocycles. The molecule has 3 unspecified atom stereocenters. The van der Waals surface area contributed by atoms with Gasteiger partial charge < -0.3 is 5.11 Å². The van der Waals surface area contributed by atoms with Crippen molar-refractivity contribution < 1.29 is 13.5 Å². The highest BCUT2D eigenvalue weighted by Crippen LogP contribution is 2.38. The third kappa shape index (κ3) is 2.81. The lowest BCUT2D eigenvalue weighted by atomic mass is 10.00. The highest BCUT2D eigenvalue weighted by molar-refractivity contribution is 7.87. The van der Waals surface area contributed by atoms with Crippen LogP contribution >= 0.6 is 0 Å². The summed E-state index contributed by atoms with van der Waals surface area (Å²) < 4.78 is 28.4. The number of hydrogen-bond donors (Lipinski definition) is 2. The van der Waals surface area contributed by atoms with Crippen LogP contribution in [0.3, 0.4) is 0 Å². The second-order valence-corrected chi connectivity index (χ2v) is 7.91. The van der Waals surface area contributed by atoms with E-state index in [9.17, 15) is 13.5 Å². The molecule has 6 heteroatoms. The summed E-state index contributed by atoms with van der Waals surface area (Å²) in [6, 6.07) is 0. The molecule has 2 N–H and O–H groups in total. The Morgan fingerprint density at radius 1 is 1.24 bits per heavy atom. The van der Waals surface area contributed by atoms with Gasteiger partial charge >= 0.3 is 0 Å². The summed E-state index contributed by atoms with van der Waals surface area (Å²) >= 11 is 0. The molecule has 0 bridgehead atoms. The molecule has 0 aromatic carbocycles. The zero-order chi connectivity index (χ0) is 12.8. The van der Waals surface area contributed by atoms with Crippen molar-refractivity contribution >= 4 is 10.2 Å². The normalized spacial score (nSPS) is 35.2. The molecular weight excluding hydrogens is 240 g/mol. The number of nitrogens with one attached hydrogen (secondary N) is 1. The SMILES string of the molecule is CC(C)(C)NS(=O)(=O)N1CC2CCC(O)C2C1. The van der Waals surface area contributed by atoms with Crippen LogP contribution in [0.4, 0.5) is 0 Å². The van der Waals surface area contributed by atoms with Gasteiger partial charge in [-0.2, -0.15) is 17.4 Å². The molecule has 0 amide bonds. The van der Waals surface area contributed by atoms with Gasteiger partial charge in [0.15, 0.2) is 0 Å². The Kier molecular flexibility index (Phi) is 3.27. The lowest BCUT2D eigenvalue weighted by Gasteiger charge is -2.25. The smallest absolute Gasteiger partial charge is 0.279 e. The van der Waals surface area contributed by atoms with Gasteiger partial charge in [-0.1, -0.05) is 0 Å². The minimum absolute atomic E-state index is 0.131. The Labute approximate surface area is 103 Å². The van der Waals surface area contributed by atoms with Gasteiger partial charge in [0.2, 0.25) is 0 Å². The first-order valence-electron chi connectivity index (χ1n) is 6.16. The van der Waals surface area contributed by atoms with Crippen molar-refractivity contribution in [2.24, 2.45) is 11.8 Å². The summed E-state index contributed by atoms with van der Waals surface area (Å²) in [6.45, 7) is 6.49. The monoisotopic (exact) mass is 262 g/mol. The molecule has 100 valence electrons. The average Bonchev–Trinajstić information content (AvgIpc) is 2.64. The molecule has 2 fully saturated rings.